The summed E-state index contributed by atoms with van der Waals surface area (Å²) in [5.41, 5.74) is 2.68. The van der Waals surface area contributed by atoms with Gasteiger partial charge in [-0.1, -0.05) is 45.0 Å². The second kappa shape index (κ2) is 6.07. The van der Waals surface area contributed by atoms with Crippen LogP contribution in [-0.2, 0) is 16.7 Å². The Morgan fingerprint density at radius 3 is 2.38 bits per heavy atom. The molecular weight excluding hydrogens is 262 g/mol. The van der Waals surface area contributed by atoms with Gasteiger partial charge in [0.2, 0.25) is 0 Å². The first-order chi connectivity index (χ1) is 9.69. The summed E-state index contributed by atoms with van der Waals surface area (Å²) in [6.07, 6.45) is -0.0809. The molecule has 21 heavy (non-hydrogen) atoms. The van der Waals surface area contributed by atoms with Crippen molar-refractivity contribution in [1.29, 1.82) is 0 Å². The first-order valence-electron chi connectivity index (χ1n) is 7.80. The van der Waals surface area contributed by atoms with Crippen molar-refractivity contribution in [2.45, 2.75) is 58.3 Å². The number of benzene rings is 1. The summed E-state index contributed by atoms with van der Waals surface area (Å²) in [5.74, 6) is 0. The monoisotopic (exact) mass is 291 g/mol. The molecule has 1 N–H and O–H groups in total. The first kappa shape index (κ1) is 16.5. The van der Waals surface area contributed by atoms with Gasteiger partial charge in [-0.25, -0.2) is 0 Å². The SMILES string of the molecule is CC1(C)CN(Cc2ccc(C(C)(C)C)cc2)CC(CO)O1. The lowest BCUT2D eigenvalue weighted by molar-refractivity contribution is -0.150. The Hall–Kier alpha value is -0.900. The van der Waals surface area contributed by atoms with E-state index in [2.05, 4.69) is 63.8 Å². The van der Waals surface area contributed by atoms with Gasteiger partial charge in [0.05, 0.1) is 18.3 Å². The number of aliphatic hydroxyl groups excluding tert-OH is 1. The Balaban J connectivity index is 2.04. The molecule has 1 fully saturated rings. The molecule has 1 aromatic rings. The Kier molecular flexibility index (Phi) is 4.76. The Bertz CT molecular complexity index is 459. The smallest absolute Gasteiger partial charge is 0.0940 e. The normalized spacial score (nSPS) is 23.2. The molecule has 2 rings (SSSR count). The minimum Gasteiger partial charge on any atom is -0.394 e. The third-order valence-electron chi connectivity index (χ3n) is 3.98. The van der Waals surface area contributed by atoms with Gasteiger partial charge in [-0.15, -0.1) is 0 Å². The van der Waals surface area contributed by atoms with Crippen LogP contribution in [0.5, 0.6) is 0 Å². The zero-order valence-corrected chi connectivity index (χ0v) is 14.0. The highest BCUT2D eigenvalue weighted by Crippen LogP contribution is 2.25. The van der Waals surface area contributed by atoms with Crippen LogP contribution >= 0.6 is 0 Å². The topological polar surface area (TPSA) is 32.7 Å². The van der Waals surface area contributed by atoms with Crippen molar-refractivity contribution < 1.29 is 9.84 Å². The van der Waals surface area contributed by atoms with Crippen LogP contribution < -0.4 is 0 Å². The molecule has 3 heteroatoms. The number of rotatable bonds is 3. The summed E-state index contributed by atoms with van der Waals surface area (Å²) in [7, 11) is 0. The van der Waals surface area contributed by atoms with Crippen molar-refractivity contribution in [2.75, 3.05) is 19.7 Å². The van der Waals surface area contributed by atoms with Crippen LogP contribution in [0.25, 0.3) is 0 Å². The quantitative estimate of drug-likeness (QED) is 0.929. The van der Waals surface area contributed by atoms with E-state index < -0.39 is 0 Å². The molecule has 1 aliphatic rings. The summed E-state index contributed by atoms with van der Waals surface area (Å²) in [4.78, 5) is 2.37. The highest BCUT2D eigenvalue weighted by atomic mass is 16.5. The molecule has 3 nitrogen and oxygen atoms in total. The van der Waals surface area contributed by atoms with Gasteiger partial charge in [0.15, 0.2) is 0 Å². The van der Waals surface area contributed by atoms with E-state index in [1.165, 1.54) is 11.1 Å². The first-order valence-corrected chi connectivity index (χ1v) is 7.80. The van der Waals surface area contributed by atoms with E-state index in [1.807, 2.05) is 0 Å². The molecule has 1 aromatic carbocycles. The molecule has 1 aliphatic heterocycles. The molecule has 0 aromatic heterocycles. The van der Waals surface area contributed by atoms with Gasteiger partial charge >= 0.3 is 0 Å². The molecule has 118 valence electrons. The van der Waals surface area contributed by atoms with Gasteiger partial charge in [0, 0.05) is 19.6 Å². The average Bonchev–Trinajstić information content (AvgIpc) is 2.36. The van der Waals surface area contributed by atoms with Crippen molar-refractivity contribution >= 4 is 0 Å². The third kappa shape index (κ3) is 4.53. The maximum Gasteiger partial charge on any atom is 0.0940 e. The van der Waals surface area contributed by atoms with Crippen molar-refractivity contribution in [3.8, 4) is 0 Å². The summed E-state index contributed by atoms with van der Waals surface area (Å²) in [6.45, 7) is 13.6. The number of morpholine rings is 1. The Morgan fingerprint density at radius 1 is 1.24 bits per heavy atom. The highest BCUT2D eigenvalue weighted by molar-refractivity contribution is 5.27. The summed E-state index contributed by atoms with van der Waals surface area (Å²) < 4.78 is 5.86. The predicted octanol–water partition coefficient (Wildman–Crippen LogP) is 2.96. The van der Waals surface area contributed by atoms with Crippen LogP contribution in [0.4, 0.5) is 0 Å². The molecule has 0 bridgehead atoms. The zero-order valence-electron chi connectivity index (χ0n) is 14.0. The van der Waals surface area contributed by atoms with E-state index in [0.29, 0.717) is 0 Å². The molecule has 0 aliphatic carbocycles. The molecule has 0 amide bonds. The summed E-state index contributed by atoms with van der Waals surface area (Å²) >= 11 is 0. The average molecular weight is 291 g/mol. The van der Waals surface area contributed by atoms with Crippen molar-refractivity contribution in [1.82, 2.24) is 4.90 Å². The van der Waals surface area contributed by atoms with E-state index in [0.717, 1.165) is 19.6 Å². The second-order valence-electron chi connectivity index (χ2n) is 7.80. The minimum absolute atomic E-state index is 0.0809. The second-order valence-corrected chi connectivity index (χ2v) is 7.80. The fourth-order valence-electron chi connectivity index (χ4n) is 3.00. The maximum atomic E-state index is 9.38. The molecule has 1 unspecified atom stereocenters. The lowest BCUT2D eigenvalue weighted by atomic mass is 9.86. The Labute approximate surface area is 128 Å². The van der Waals surface area contributed by atoms with Gasteiger partial charge in [-0.05, 0) is 30.4 Å². The predicted molar refractivity (Wildman–Crippen MR) is 86.5 cm³/mol. The fraction of sp³-hybridized carbons (Fsp3) is 0.667. The Morgan fingerprint density at radius 2 is 1.86 bits per heavy atom. The molecule has 0 spiro atoms. The number of hydrogen-bond acceptors (Lipinski definition) is 3. The van der Waals surface area contributed by atoms with Crippen LogP contribution in [0.15, 0.2) is 24.3 Å². The van der Waals surface area contributed by atoms with Crippen LogP contribution in [0.2, 0.25) is 0 Å². The standard InChI is InChI=1S/C18H29NO2/c1-17(2,3)15-8-6-14(7-9-15)10-19-11-16(12-20)21-18(4,5)13-19/h6-9,16,20H,10-13H2,1-5H3. The molecule has 0 radical (unpaired) electrons. The van der Waals surface area contributed by atoms with Gasteiger partial charge in [-0.3, -0.25) is 4.90 Å². The lowest BCUT2D eigenvalue weighted by Crippen LogP contribution is -2.53. The van der Waals surface area contributed by atoms with Gasteiger partial charge in [-0.2, -0.15) is 0 Å². The maximum absolute atomic E-state index is 9.38. The van der Waals surface area contributed by atoms with E-state index in [-0.39, 0.29) is 23.7 Å². The highest BCUT2D eigenvalue weighted by Gasteiger charge is 2.32. The van der Waals surface area contributed by atoms with Crippen LogP contribution in [-0.4, -0.2) is 41.4 Å². The molecule has 0 saturated carbocycles. The molecule has 1 saturated heterocycles. The van der Waals surface area contributed by atoms with Crippen LogP contribution in [0.1, 0.15) is 45.7 Å². The van der Waals surface area contributed by atoms with Crippen LogP contribution in [0, 0.1) is 0 Å². The third-order valence-corrected chi connectivity index (χ3v) is 3.98. The summed E-state index contributed by atoms with van der Waals surface area (Å²) in [6, 6.07) is 8.89. The number of ether oxygens (including phenoxy) is 1. The zero-order chi connectivity index (χ0) is 15.7. The van der Waals surface area contributed by atoms with E-state index in [4.69, 9.17) is 4.74 Å². The van der Waals surface area contributed by atoms with Crippen LogP contribution in [0.3, 0.4) is 0 Å². The minimum atomic E-state index is -0.197. The van der Waals surface area contributed by atoms with E-state index in [1.54, 1.807) is 0 Å². The number of nitrogens with zero attached hydrogens (tertiary/aromatic N) is 1. The summed E-state index contributed by atoms with van der Waals surface area (Å²) in [5, 5.41) is 9.38. The van der Waals surface area contributed by atoms with Gasteiger partial charge < -0.3 is 9.84 Å². The molecule has 1 heterocycles. The molecule has 1 atom stereocenters. The largest absolute Gasteiger partial charge is 0.394 e. The van der Waals surface area contributed by atoms with E-state index in [9.17, 15) is 5.11 Å². The van der Waals surface area contributed by atoms with Gasteiger partial charge in [0.1, 0.15) is 0 Å². The fourth-order valence-corrected chi connectivity index (χ4v) is 3.00. The van der Waals surface area contributed by atoms with Crippen molar-refractivity contribution in [2.24, 2.45) is 0 Å². The number of aliphatic hydroxyl groups is 1. The van der Waals surface area contributed by atoms with Crippen molar-refractivity contribution in [3.05, 3.63) is 35.4 Å². The van der Waals surface area contributed by atoms with E-state index >= 15 is 0 Å². The lowest BCUT2D eigenvalue weighted by Gasteiger charge is -2.42. The molecular formula is C18H29NO2. The van der Waals surface area contributed by atoms with Crippen molar-refractivity contribution in [3.63, 3.8) is 0 Å². The van der Waals surface area contributed by atoms with Gasteiger partial charge in [0.25, 0.3) is 0 Å². The number of hydrogen-bond donors (Lipinski definition) is 1.